The summed E-state index contributed by atoms with van der Waals surface area (Å²) in [6.07, 6.45) is 1.67. The van der Waals surface area contributed by atoms with E-state index in [-0.39, 0.29) is 30.0 Å². The first-order chi connectivity index (χ1) is 13.0. The van der Waals surface area contributed by atoms with Crippen LogP contribution in [0.5, 0.6) is 0 Å². The second-order valence-corrected chi connectivity index (χ2v) is 9.30. The van der Waals surface area contributed by atoms with Crippen LogP contribution in [-0.2, 0) is 31.9 Å². The first-order valence-corrected chi connectivity index (χ1v) is 11.2. The van der Waals surface area contributed by atoms with Gasteiger partial charge >= 0.3 is 0 Å². The second-order valence-electron chi connectivity index (χ2n) is 7.33. The van der Waals surface area contributed by atoms with E-state index >= 15 is 0 Å². The number of sulfonamides is 1. The van der Waals surface area contributed by atoms with E-state index in [0.29, 0.717) is 38.9 Å². The normalized spacial score (nSPS) is 23.6. The van der Waals surface area contributed by atoms with Crippen molar-refractivity contribution in [1.82, 2.24) is 14.9 Å². The molecule has 0 unspecified atom stereocenters. The zero-order valence-electron chi connectivity index (χ0n) is 16.2. The highest BCUT2D eigenvalue weighted by Crippen LogP contribution is 2.19. The summed E-state index contributed by atoms with van der Waals surface area (Å²) < 4.78 is 32.1. The van der Waals surface area contributed by atoms with Gasteiger partial charge in [-0.25, -0.2) is 8.42 Å². The van der Waals surface area contributed by atoms with Gasteiger partial charge in [0, 0.05) is 31.6 Å². The maximum absolute atomic E-state index is 12.7. The number of morpholine rings is 1. The zero-order valence-corrected chi connectivity index (χ0v) is 17.9. The Hall–Kier alpha value is -1.19. The van der Waals surface area contributed by atoms with E-state index in [9.17, 15) is 13.2 Å². The highest BCUT2D eigenvalue weighted by atomic mass is 35.5. The minimum Gasteiger partial charge on any atom is -0.379 e. The highest BCUT2D eigenvalue weighted by Gasteiger charge is 2.26. The molecule has 2 N–H and O–H groups in total. The lowest BCUT2D eigenvalue weighted by molar-refractivity contribution is -0.126. The molecule has 0 saturated carbocycles. The summed E-state index contributed by atoms with van der Waals surface area (Å²) in [5.41, 5.74) is 1.59. The van der Waals surface area contributed by atoms with Gasteiger partial charge in [-0.3, -0.25) is 4.79 Å². The molecular formula is C19H30ClN3O4S. The van der Waals surface area contributed by atoms with Crippen molar-refractivity contribution in [1.29, 1.82) is 0 Å². The fraction of sp³-hybridized carbons (Fsp3) is 0.632. The smallest absolute Gasteiger partial charge is 0.223 e. The number of hydrogen-bond acceptors (Lipinski definition) is 5. The molecule has 2 aliphatic heterocycles. The molecule has 0 aromatic heterocycles. The van der Waals surface area contributed by atoms with Crippen molar-refractivity contribution < 1.29 is 17.9 Å². The Balaban J connectivity index is 0.00000280. The number of piperidine rings is 1. The van der Waals surface area contributed by atoms with E-state index in [0.717, 1.165) is 30.5 Å². The Kier molecular flexibility index (Phi) is 8.70. The molecule has 28 heavy (non-hydrogen) atoms. The molecule has 2 saturated heterocycles. The number of nitrogens with one attached hydrogen (secondary N) is 2. The molecule has 0 aliphatic carbocycles. The van der Waals surface area contributed by atoms with Crippen molar-refractivity contribution in [3.63, 3.8) is 0 Å². The van der Waals surface area contributed by atoms with Crippen molar-refractivity contribution in [3.05, 3.63) is 35.4 Å². The maximum Gasteiger partial charge on any atom is 0.223 e. The molecule has 3 rings (SSSR count). The lowest BCUT2D eigenvalue weighted by atomic mass is 9.92. The van der Waals surface area contributed by atoms with Gasteiger partial charge in [-0.05, 0) is 37.4 Å². The van der Waals surface area contributed by atoms with Crippen LogP contribution in [0.4, 0.5) is 0 Å². The fourth-order valence-electron chi connectivity index (χ4n) is 3.68. The van der Waals surface area contributed by atoms with Crippen LogP contribution in [0.3, 0.4) is 0 Å². The van der Waals surface area contributed by atoms with Crippen LogP contribution in [0.15, 0.2) is 24.3 Å². The van der Waals surface area contributed by atoms with Gasteiger partial charge in [0.2, 0.25) is 15.9 Å². The number of rotatable bonds is 6. The van der Waals surface area contributed by atoms with Crippen LogP contribution in [-0.4, -0.2) is 57.5 Å². The molecule has 1 aromatic rings. The number of ether oxygens (including phenoxy) is 1. The molecular weight excluding hydrogens is 402 g/mol. The summed E-state index contributed by atoms with van der Waals surface area (Å²) in [5.74, 6) is 0.0170. The molecule has 1 aromatic carbocycles. The number of nitrogens with zero attached hydrogens (tertiary/aromatic N) is 1. The molecule has 158 valence electrons. The van der Waals surface area contributed by atoms with Crippen molar-refractivity contribution >= 4 is 28.3 Å². The molecule has 1 amide bonds. The van der Waals surface area contributed by atoms with Crippen LogP contribution in [0.1, 0.15) is 30.9 Å². The number of halogens is 1. The third kappa shape index (κ3) is 6.15. The molecule has 7 nitrogen and oxygen atoms in total. The molecule has 2 fully saturated rings. The van der Waals surface area contributed by atoms with Gasteiger partial charge in [0.1, 0.15) is 0 Å². The standard InChI is InChI=1S/C19H29N3O4S.ClH/c1-15-12-16(6-7-20-15)19(23)21-13-17-4-2-3-5-18(17)14-27(24,25)22-8-10-26-11-9-22;/h2-5,15-16,20H,6-14H2,1H3,(H,21,23);1H/t15-,16-;/m0./s1. The van der Waals surface area contributed by atoms with E-state index in [2.05, 4.69) is 17.6 Å². The summed E-state index contributed by atoms with van der Waals surface area (Å²) in [6.45, 7) is 4.96. The Morgan fingerprint density at radius 1 is 1.25 bits per heavy atom. The van der Waals surface area contributed by atoms with E-state index in [1.54, 1.807) is 0 Å². The minimum atomic E-state index is -3.39. The zero-order chi connectivity index (χ0) is 19.3. The Morgan fingerprint density at radius 3 is 2.61 bits per heavy atom. The largest absolute Gasteiger partial charge is 0.379 e. The average molecular weight is 432 g/mol. The molecule has 2 heterocycles. The molecule has 0 spiro atoms. The number of carbonyl (C=O) groups is 1. The van der Waals surface area contributed by atoms with Gasteiger partial charge < -0.3 is 15.4 Å². The van der Waals surface area contributed by atoms with E-state index in [1.807, 2.05) is 24.3 Å². The Bertz CT molecular complexity index is 753. The fourth-order valence-corrected chi connectivity index (χ4v) is 5.24. The maximum atomic E-state index is 12.7. The summed E-state index contributed by atoms with van der Waals surface area (Å²) >= 11 is 0. The predicted octanol–water partition coefficient (Wildman–Crippen LogP) is 1.27. The van der Waals surface area contributed by atoms with Crippen LogP contribution in [0.25, 0.3) is 0 Å². The number of carbonyl (C=O) groups excluding carboxylic acids is 1. The van der Waals surface area contributed by atoms with Crippen LogP contribution in [0, 0.1) is 5.92 Å². The molecule has 0 bridgehead atoms. The van der Waals surface area contributed by atoms with Gasteiger partial charge in [0.05, 0.1) is 19.0 Å². The summed E-state index contributed by atoms with van der Waals surface area (Å²) in [6, 6.07) is 7.77. The monoisotopic (exact) mass is 431 g/mol. The SMILES string of the molecule is C[C@H]1C[C@@H](C(=O)NCc2ccccc2CS(=O)(=O)N2CCOCC2)CCN1.Cl. The third-order valence-corrected chi connectivity index (χ3v) is 7.10. The number of amides is 1. The summed E-state index contributed by atoms with van der Waals surface area (Å²) in [4.78, 5) is 12.5. The summed E-state index contributed by atoms with van der Waals surface area (Å²) in [7, 11) is -3.39. The lowest BCUT2D eigenvalue weighted by Gasteiger charge is -2.27. The van der Waals surface area contributed by atoms with Gasteiger partial charge in [-0.2, -0.15) is 4.31 Å². The highest BCUT2D eigenvalue weighted by molar-refractivity contribution is 7.88. The molecule has 0 radical (unpaired) electrons. The number of benzene rings is 1. The van der Waals surface area contributed by atoms with Gasteiger partial charge in [0.25, 0.3) is 0 Å². The van der Waals surface area contributed by atoms with Crippen LogP contribution in [0.2, 0.25) is 0 Å². The van der Waals surface area contributed by atoms with Crippen molar-refractivity contribution in [2.75, 3.05) is 32.8 Å². The topological polar surface area (TPSA) is 87.7 Å². The van der Waals surface area contributed by atoms with Gasteiger partial charge in [-0.1, -0.05) is 24.3 Å². The Morgan fingerprint density at radius 2 is 1.93 bits per heavy atom. The van der Waals surface area contributed by atoms with E-state index in [1.165, 1.54) is 4.31 Å². The van der Waals surface area contributed by atoms with E-state index in [4.69, 9.17) is 4.74 Å². The molecule has 2 aliphatic rings. The predicted molar refractivity (Wildman–Crippen MR) is 111 cm³/mol. The second kappa shape index (κ2) is 10.5. The lowest BCUT2D eigenvalue weighted by Crippen LogP contribution is -2.42. The van der Waals surface area contributed by atoms with Crippen LogP contribution < -0.4 is 10.6 Å². The quantitative estimate of drug-likeness (QED) is 0.708. The molecule has 2 atom stereocenters. The first kappa shape index (κ1) is 23.1. The summed E-state index contributed by atoms with van der Waals surface area (Å²) in [5, 5.41) is 6.35. The van der Waals surface area contributed by atoms with Crippen molar-refractivity contribution in [2.45, 2.75) is 38.1 Å². The van der Waals surface area contributed by atoms with Gasteiger partial charge in [0.15, 0.2) is 0 Å². The average Bonchev–Trinajstić information content (AvgIpc) is 2.67. The van der Waals surface area contributed by atoms with Gasteiger partial charge in [-0.15, -0.1) is 12.4 Å². The Labute approximate surface area is 173 Å². The third-order valence-electron chi connectivity index (χ3n) is 5.27. The van der Waals surface area contributed by atoms with Crippen molar-refractivity contribution in [2.24, 2.45) is 5.92 Å². The molecule has 9 heteroatoms. The van der Waals surface area contributed by atoms with Crippen molar-refractivity contribution in [3.8, 4) is 0 Å². The number of hydrogen-bond donors (Lipinski definition) is 2. The minimum absolute atomic E-state index is 0. The first-order valence-electron chi connectivity index (χ1n) is 9.59. The van der Waals surface area contributed by atoms with Crippen LogP contribution >= 0.6 is 12.4 Å². The van der Waals surface area contributed by atoms with E-state index < -0.39 is 10.0 Å².